The Balaban J connectivity index is 0.000000424. The average molecular weight is 177 g/mol. The van der Waals surface area contributed by atoms with Gasteiger partial charge in [0, 0.05) is 11.5 Å². The fourth-order valence-electron chi connectivity index (χ4n) is 0.762. The number of aromatic amines is 1. The Morgan fingerprint density at radius 3 is 2.46 bits per heavy atom. The van der Waals surface area contributed by atoms with E-state index in [1.54, 1.807) is 0 Å². The maximum atomic E-state index is 3.84. The van der Waals surface area contributed by atoms with Crippen molar-refractivity contribution in [3.63, 3.8) is 0 Å². The lowest BCUT2D eigenvalue weighted by Crippen LogP contribution is -2.19. The second-order valence-corrected chi connectivity index (χ2v) is 2.82. The summed E-state index contributed by atoms with van der Waals surface area (Å²) in [6, 6.07) is 1.95. The van der Waals surface area contributed by atoms with Gasteiger partial charge >= 0.3 is 0 Å². The molecule has 1 N–H and O–H groups in total. The summed E-state index contributed by atoms with van der Waals surface area (Å²) < 4.78 is 0. The highest BCUT2D eigenvalue weighted by molar-refractivity contribution is 5.34. The molecular weight excluding hydrogens is 158 g/mol. The Morgan fingerprint density at radius 2 is 2.08 bits per heavy atom. The number of hydrogen-bond acceptors (Lipinski definition) is 0. The van der Waals surface area contributed by atoms with E-state index in [1.807, 2.05) is 37.4 Å². The van der Waals surface area contributed by atoms with E-state index in [9.17, 15) is 0 Å². The summed E-state index contributed by atoms with van der Waals surface area (Å²) in [4.78, 5) is 3.07. The Labute approximate surface area is 80.5 Å². The lowest BCUT2D eigenvalue weighted by atomic mass is 10.4. The molecule has 0 aromatic carbocycles. The summed E-state index contributed by atoms with van der Waals surface area (Å²) in [5.74, 6) is 0. The Hall–Kier alpha value is -1.24. The van der Waals surface area contributed by atoms with Crippen molar-refractivity contribution in [2.24, 2.45) is 0 Å². The lowest BCUT2D eigenvalue weighted by molar-refractivity contribution is 1.09. The number of H-pyrrole nitrogens is 1. The number of aromatic nitrogens is 1. The standard InChI is InChI=1S/C9H11N.C3H8/c1-3-4-5-9-8(2)6-7-10-9;1-3-2/h3-7,10H,2H2,1H3;3H2,1-2H3/b4-3-,9-5+;. The Bertz CT molecular complexity index is 330. The zero-order valence-electron chi connectivity index (χ0n) is 8.80. The second-order valence-electron chi connectivity index (χ2n) is 2.82. The minimum atomic E-state index is 1.04. The third-order valence-corrected chi connectivity index (χ3v) is 1.32. The first-order valence-corrected chi connectivity index (χ1v) is 4.71. The van der Waals surface area contributed by atoms with E-state index < -0.39 is 0 Å². The second kappa shape index (κ2) is 7.41. The first-order valence-electron chi connectivity index (χ1n) is 4.71. The number of allylic oxidation sites excluding steroid dienone is 2. The van der Waals surface area contributed by atoms with Crippen molar-refractivity contribution >= 4 is 12.7 Å². The molecule has 0 radical (unpaired) electrons. The van der Waals surface area contributed by atoms with Crippen molar-refractivity contribution in [3.05, 3.63) is 35.0 Å². The van der Waals surface area contributed by atoms with Crippen LogP contribution in [0.3, 0.4) is 0 Å². The molecule has 0 amide bonds. The van der Waals surface area contributed by atoms with Gasteiger partial charge in [0.1, 0.15) is 0 Å². The lowest BCUT2D eigenvalue weighted by Gasteiger charge is -1.73. The highest BCUT2D eigenvalue weighted by Gasteiger charge is 1.77. The van der Waals surface area contributed by atoms with Gasteiger partial charge in [0.2, 0.25) is 0 Å². The van der Waals surface area contributed by atoms with E-state index >= 15 is 0 Å². The molecule has 1 aromatic heterocycles. The summed E-state index contributed by atoms with van der Waals surface area (Å²) in [6.45, 7) is 10.1. The molecule has 0 aliphatic rings. The molecule has 13 heavy (non-hydrogen) atoms. The summed E-state index contributed by atoms with van der Waals surface area (Å²) in [6.07, 6.45) is 9.11. The van der Waals surface area contributed by atoms with Gasteiger partial charge in [0.25, 0.3) is 0 Å². The van der Waals surface area contributed by atoms with Gasteiger partial charge in [-0.15, -0.1) is 0 Å². The number of nitrogens with one attached hydrogen (secondary N) is 1. The third-order valence-electron chi connectivity index (χ3n) is 1.32. The van der Waals surface area contributed by atoms with Crippen LogP contribution in [-0.4, -0.2) is 4.98 Å². The highest BCUT2D eigenvalue weighted by atomic mass is 14.6. The summed E-state index contributed by atoms with van der Waals surface area (Å²) in [7, 11) is 0. The van der Waals surface area contributed by atoms with Crippen LogP contribution in [0.1, 0.15) is 27.2 Å². The molecule has 1 rings (SSSR count). The largest absolute Gasteiger partial charge is 0.361 e. The maximum absolute atomic E-state index is 3.84. The van der Waals surface area contributed by atoms with Crippen molar-refractivity contribution in [3.8, 4) is 0 Å². The van der Waals surface area contributed by atoms with Gasteiger partial charge in [-0.2, -0.15) is 0 Å². The molecule has 0 spiro atoms. The molecule has 1 aromatic rings. The van der Waals surface area contributed by atoms with Crippen LogP contribution in [0.2, 0.25) is 0 Å². The van der Waals surface area contributed by atoms with E-state index in [4.69, 9.17) is 0 Å². The quantitative estimate of drug-likeness (QED) is 0.677. The molecule has 0 unspecified atom stereocenters. The van der Waals surface area contributed by atoms with Crippen molar-refractivity contribution in [1.29, 1.82) is 0 Å². The van der Waals surface area contributed by atoms with E-state index in [0.29, 0.717) is 0 Å². The van der Waals surface area contributed by atoms with Gasteiger partial charge in [-0.05, 0) is 24.3 Å². The molecule has 0 saturated heterocycles. The van der Waals surface area contributed by atoms with Crippen molar-refractivity contribution in [1.82, 2.24) is 4.98 Å². The van der Waals surface area contributed by atoms with Gasteiger partial charge in [-0.25, -0.2) is 0 Å². The molecular formula is C12H19N. The van der Waals surface area contributed by atoms with Gasteiger partial charge < -0.3 is 4.98 Å². The molecule has 0 aliphatic heterocycles. The monoisotopic (exact) mass is 177 g/mol. The van der Waals surface area contributed by atoms with Crippen molar-refractivity contribution < 1.29 is 0 Å². The van der Waals surface area contributed by atoms with Crippen LogP contribution < -0.4 is 10.6 Å². The summed E-state index contributed by atoms with van der Waals surface area (Å²) in [5.41, 5.74) is 0. The molecule has 1 heteroatoms. The maximum Gasteiger partial charge on any atom is 0.0447 e. The zero-order chi connectivity index (χ0) is 10.1. The van der Waals surface area contributed by atoms with Gasteiger partial charge in [-0.3, -0.25) is 0 Å². The van der Waals surface area contributed by atoms with Crippen LogP contribution in [-0.2, 0) is 0 Å². The minimum Gasteiger partial charge on any atom is -0.361 e. The summed E-state index contributed by atoms with van der Waals surface area (Å²) in [5, 5.41) is 2.12. The van der Waals surface area contributed by atoms with E-state index in [2.05, 4.69) is 25.4 Å². The van der Waals surface area contributed by atoms with Crippen LogP contribution in [0, 0.1) is 0 Å². The Kier molecular flexibility index (Phi) is 6.70. The van der Waals surface area contributed by atoms with Gasteiger partial charge in [0.15, 0.2) is 0 Å². The predicted molar refractivity (Wildman–Crippen MR) is 60.8 cm³/mol. The molecule has 1 nitrogen and oxygen atoms in total. The minimum absolute atomic E-state index is 1.04. The Morgan fingerprint density at radius 1 is 1.46 bits per heavy atom. The highest BCUT2D eigenvalue weighted by Crippen LogP contribution is 1.69. The predicted octanol–water partition coefficient (Wildman–Crippen LogP) is 2.20. The zero-order valence-corrected chi connectivity index (χ0v) is 8.80. The first kappa shape index (κ1) is 11.8. The van der Waals surface area contributed by atoms with Crippen LogP contribution in [0.5, 0.6) is 0 Å². The fourth-order valence-corrected chi connectivity index (χ4v) is 0.762. The SMILES string of the molecule is C=c1cc[nH]/c1=C/C=C\C.CCC. The first-order chi connectivity index (χ1) is 6.26. The number of hydrogen-bond donors (Lipinski definition) is 1. The molecule has 1 heterocycles. The van der Waals surface area contributed by atoms with Crippen molar-refractivity contribution in [2.75, 3.05) is 0 Å². The van der Waals surface area contributed by atoms with E-state index in [1.165, 1.54) is 6.42 Å². The van der Waals surface area contributed by atoms with Crippen LogP contribution in [0.15, 0.2) is 24.4 Å². The smallest absolute Gasteiger partial charge is 0.0447 e. The molecule has 0 bridgehead atoms. The van der Waals surface area contributed by atoms with Crippen LogP contribution >= 0.6 is 0 Å². The number of rotatable bonds is 1. The van der Waals surface area contributed by atoms with Crippen molar-refractivity contribution in [2.45, 2.75) is 27.2 Å². The van der Waals surface area contributed by atoms with E-state index in [0.717, 1.165) is 10.6 Å². The molecule has 0 aliphatic carbocycles. The molecule has 0 atom stereocenters. The van der Waals surface area contributed by atoms with Gasteiger partial charge in [-0.1, -0.05) is 39.0 Å². The fraction of sp³-hybridized carbons (Fsp3) is 0.333. The topological polar surface area (TPSA) is 15.8 Å². The van der Waals surface area contributed by atoms with Crippen LogP contribution in [0.25, 0.3) is 12.7 Å². The molecule has 0 saturated carbocycles. The average Bonchev–Trinajstić information content (AvgIpc) is 2.49. The summed E-state index contributed by atoms with van der Waals surface area (Å²) >= 11 is 0. The normalized spacial score (nSPS) is 11.5. The van der Waals surface area contributed by atoms with E-state index in [-0.39, 0.29) is 0 Å². The molecule has 72 valence electrons. The van der Waals surface area contributed by atoms with Gasteiger partial charge in [0.05, 0.1) is 0 Å². The third kappa shape index (κ3) is 5.07. The molecule has 0 fully saturated rings. The van der Waals surface area contributed by atoms with Crippen LogP contribution in [0.4, 0.5) is 0 Å².